The van der Waals surface area contributed by atoms with Gasteiger partial charge in [-0.05, 0) is 80.9 Å². The molecule has 4 rings (SSSR count). The van der Waals surface area contributed by atoms with Crippen LogP contribution in [0.3, 0.4) is 0 Å². The molecule has 2 N–H and O–H groups in total. The molecule has 0 aliphatic heterocycles. The lowest BCUT2D eigenvalue weighted by molar-refractivity contribution is 0.306. The summed E-state index contributed by atoms with van der Waals surface area (Å²) in [6, 6.07) is 0. The Balaban J connectivity index is 2.16. The van der Waals surface area contributed by atoms with E-state index in [-0.39, 0.29) is 16.2 Å². The van der Waals surface area contributed by atoms with Gasteiger partial charge in [-0.1, -0.05) is 43.7 Å². The van der Waals surface area contributed by atoms with Crippen LogP contribution >= 0.6 is 0 Å². The van der Waals surface area contributed by atoms with E-state index in [9.17, 15) is 0 Å². The van der Waals surface area contributed by atoms with E-state index in [0.717, 1.165) is 18.5 Å². The molecule has 1 heteroatoms. The molecule has 3 atom stereocenters. The molecule has 0 radical (unpaired) electrons. The summed E-state index contributed by atoms with van der Waals surface area (Å²) in [4.78, 5) is 0. The van der Waals surface area contributed by atoms with E-state index >= 15 is 0 Å². The SMILES string of the molecule is C/C=C1\C2=C(C)C=C(CC)C3(C)CC24CC1(C)C(N)=CC=C4/C3=C/C. The Hall–Kier alpha value is -1.76. The summed E-state index contributed by atoms with van der Waals surface area (Å²) < 4.78 is 0. The number of rotatable bonds is 1. The van der Waals surface area contributed by atoms with Crippen molar-refractivity contribution in [2.75, 3.05) is 0 Å². The van der Waals surface area contributed by atoms with Crippen LogP contribution in [0.2, 0.25) is 0 Å². The Morgan fingerprint density at radius 3 is 2.28 bits per heavy atom. The van der Waals surface area contributed by atoms with Crippen LogP contribution in [0.15, 0.2) is 69.5 Å². The van der Waals surface area contributed by atoms with Gasteiger partial charge in [-0.25, -0.2) is 0 Å². The number of fused-ring (bicyclic) bond motifs is 2. The maximum atomic E-state index is 6.62. The van der Waals surface area contributed by atoms with Crippen molar-refractivity contribution < 1.29 is 0 Å². The van der Waals surface area contributed by atoms with E-state index in [1.165, 1.54) is 28.7 Å². The quantitative estimate of drug-likeness (QED) is 0.613. The second-order valence-corrected chi connectivity index (χ2v) is 8.79. The summed E-state index contributed by atoms with van der Waals surface area (Å²) >= 11 is 0. The fourth-order valence-electron chi connectivity index (χ4n) is 6.71. The Labute approximate surface area is 152 Å². The molecule has 1 nitrogen and oxygen atoms in total. The number of nitrogens with two attached hydrogens (primary N) is 1. The van der Waals surface area contributed by atoms with Crippen LogP contribution in [0.1, 0.15) is 60.8 Å². The van der Waals surface area contributed by atoms with Gasteiger partial charge in [0, 0.05) is 21.9 Å². The standard InChI is InChI=1S/C24H31N/c1-7-16-12-15(4)21-18(9-3)23(6)14-24(21)13-22(16,5)17(8-2)19(24)10-11-20(23)25/h8-12H,7,13-14,25H2,1-6H3/b17-8-,18-9+. The van der Waals surface area contributed by atoms with Crippen molar-refractivity contribution in [1.29, 1.82) is 0 Å². The van der Waals surface area contributed by atoms with Gasteiger partial charge in [-0.15, -0.1) is 0 Å². The van der Waals surface area contributed by atoms with Gasteiger partial charge in [0.05, 0.1) is 0 Å². The van der Waals surface area contributed by atoms with Crippen LogP contribution in [-0.2, 0) is 0 Å². The first kappa shape index (κ1) is 16.7. The van der Waals surface area contributed by atoms with Crippen molar-refractivity contribution in [2.45, 2.75) is 60.8 Å². The van der Waals surface area contributed by atoms with Crippen LogP contribution in [-0.4, -0.2) is 0 Å². The molecule has 0 heterocycles. The summed E-state index contributed by atoms with van der Waals surface area (Å²) in [6.07, 6.45) is 15.1. The molecular formula is C24H31N. The molecule has 0 saturated heterocycles. The van der Waals surface area contributed by atoms with Gasteiger partial charge in [0.1, 0.15) is 0 Å². The van der Waals surface area contributed by atoms with Gasteiger partial charge in [0.15, 0.2) is 0 Å². The van der Waals surface area contributed by atoms with Crippen molar-refractivity contribution in [3.05, 3.63) is 69.5 Å². The maximum absolute atomic E-state index is 6.62. The predicted octanol–water partition coefficient (Wildman–Crippen LogP) is 6.13. The van der Waals surface area contributed by atoms with Gasteiger partial charge in [0.25, 0.3) is 0 Å². The van der Waals surface area contributed by atoms with Crippen molar-refractivity contribution >= 4 is 0 Å². The highest BCUT2D eigenvalue weighted by Gasteiger charge is 2.64. The first-order valence-electron chi connectivity index (χ1n) is 9.73. The summed E-state index contributed by atoms with van der Waals surface area (Å²) in [5.74, 6) is 0. The molecule has 2 fully saturated rings. The van der Waals surface area contributed by atoms with Crippen molar-refractivity contribution in [2.24, 2.45) is 22.0 Å². The third-order valence-electron chi connectivity index (χ3n) is 7.57. The highest BCUT2D eigenvalue weighted by atomic mass is 14.7. The normalized spacial score (nSPS) is 42.4. The van der Waals surface area contributed by atoms with E-state index in [1.807, 2.05) is 0 Å². The second-order valence-electron chi connectivity index (χ2n) is 8.79. The first-order chi connectivity index (χ1) is 11.8. The van der Waals surface area contributed by atoms with Crippen LogP contribution in [0.25, 0.3) is 0 Å². The lowest BCUT2D eigenvalue weighted by Gasteiger charge is -2.31. The van der Waals surface area contributed by atoms with Crippen molar-refractivity contribution in [3.63, 3.8) is 0 Å². The lowest BCUT2D eigenvalue weighted by atomic mass is 9.72. The summed E-state index contributed by atoms with van der Waals surface area (Å²) in [5, 5.41) is 0. The number of hydrogen-bond donors (Lipinski definition) is 1. The van der Waals surface area contributed by atoms with Crippen LogP contribution in [0.5, 0.6) is 0 Å². The smallest absolute Gasteiger partial charge is 0.0331 e. The lowest BCUT2D eigenvalue weighted by Crippen LogP contribution is -2.25. The molecule has 4 aliphatic rings. The average Bonchev–Trinajstić information content (AvgIpc) is 2.89. The van der Waals surface area contributed by atoms with Crippen LogP contribution in [0.4, 0.5) is 0 Å². The summed E-state index contributed by atoms with van der Waals surface area (Å²) in [6.45, 7) is 13.8. The van der Waals surface area contributed by atoms with E-state index in [1.54, 1.807) is 11.1 Å². The molecule has 25 heavy (non-hydrogen) atoms. The van der Waals surface area contributed by atoms with Crippen LogP contribution in [0, 0.1) is 16.2 Å². The molecule has 3 bridgehead atoms. The molecule has 2 saturated carbocycles. The van der Waals surface area contributed by atoms with Gasteiger partial charge in [-0.2, -0.15) is 0 Å². The maximum Gasteiger partial charge on any atom is 0.0331 e. The van der Waals surface area contributed by atoms with Gasteiger partial charge < -0.3 is 5.73 Å². The zero-order valence-electron chi connectivity index (χ0n) is 16.6. The van der Waals surface area contributed by atoms with Crippen LogP contribution < -0.4 is 5.73 Å². The van der Waals surface area contributed by atoms with Gasteiger partial charge >= 0.3 is 0 Å². The number of hydrogen-bond acceptors (Lipinski definition) is 1. The minimum absolute atomic E-state index is 0.0503. The largest absolute Gasteiger partial charge is 0.401 e. The van der Waals surface area contributed by atoms with E-state index < -0.39 is 0 Å². The predicted molar refractivity (Wildman–Crippen MR) is 107 cm³/mol. The van der Waals surface area contributed by atoms with Gasteiger partial charge in [0.2, 0.25) is 0 Å². The fraction of sp³-hybridized carbons (Fsp3) is 0.500. The van der Waals surface area contributed by atoms with E-state index in [4.69, 9.17) is 5.73 Å². The average molecular weight is 334 g/mol. The molecule has 0 amide bonds. The number of allylic oxidation sites excluding steroid dienone is 11. The van der Waals surface area contributed by atoms with E-state index in [2.05, 4.69) is 71.9 Å². The molecule has 3 unspecified atom stereocenters. The minimum atomic E-state index is -0.0503. The zero-order valence-corrected chi connectivity index (χ0v) is 16.6. The monoisotopic (exact) mass is 333 g/mol. The Bertz CT molecular complexity index is 857. The third-order valence-corrected chi connectivity index (χ3v) is 7.57. The highest BCUT2D eigenvalue weighted by molar-refractivity contribution is 5.70. The Kier molecular flexibility index (Phi) is 3.27. The molecule has 1 spiro atoms. The fourth-order valence-corrected chi connectivity index (χ4v) is 6.71. The summed E-state index contributed by atoms with van der Waals surface area (Å²) in [7, 11) is 0. The molecule has 132 valence electrons. The Morgan fingerprint density at radius 2 is 1.68 bits per heavy atom. The zero-order chi connectivity index (χ0) is 18.2. The molecule has 0 aromatic heterocycles. The highest BCUT2D eigenvalue weighted by Crippen LogP contribution is 2.74. The molecule has 0 aromatic rings. The topological polar surface area (TPSA) is 26.0 Å². The summed E-state index contributed by atoms with van der Waals surface area (Å²) in [5.41, 5.74) is 16.9. The van der Waals surface area contributed by atoms with E-state index in [0.29, 0.717) is 0 Å². The minimum Gasteiger partial charge on any atom is -0.401 e. The van der Waals surface area contributed by atoms with Gasteiger partial charge in [-0.3, -0.25) is 0 Å². The molecule has 4 aliphatic carbocycles. The third kappa shape index (κ3) is 1.70. The molecular weight excluding hydrogens is 302 g/mol. The first-order valence-corrected chi connectivity index (χ1v) is 9.73. The van der Waals surface area contributed by atoms with Crippen molar-refractivity contribution in [1.82, 2.24) is 0 Å². The second kappa shape index (κ2) is 4.90. The van der Waals surface area contributed by atoms with Crippen molar-refractivity contribution in [3.8, 4) is 0 Å². The molecule has 0 aromatic carbocycles. The Morgan fingerprint density at radius 1 is 1.04 bits per heavy atom.